The van der Waals surface area contributed by atoms with Crippen LogP contribution in [0.1, 0.15) is 18.5 Å². The van der Waals surface area contributed by atoms with Crippen LogP contribution in [0, 0.1) is 15.9 Å². The Bertz CT molecular complexity index is 630. The average molecular weight is 292 g/mol. The third-order valence-electron chi connectivity index (χ3n) is 2.74. The molecular formula is C14H13FN2O2S. The van der Waals surface area contributed by atoms with E-state index in [1.165, 1.54) is 30.0 Å². The maximum atomic E-state index is 13.8. The highest BCUT2D eigenvalue weighted by atomic mass is 32.2. The van der Waals surface area contributed by atoms with Gasteiger partial charge in [0.1, 0.15) is 5.82 Å². The van der Waals surface area contributed by atoms with E-state index in [1.807, 2.05) is 0 Å². The molecular weight excluding hydrogens is 279 g/mol. The standard InChI is InChI=1S/C14H13FN2O2S/c1-9(16)14-12(15)3-2-4-13(14)20-11-7-5-10(6-8-11)17(18)19/h2-9H,16H2,1H3. The molecule has 0 amide bonds. The number of halogens is 1. The predicted octanol–water partition coefficient (Wildman–Crippen LogP) is 3.90. The summed E-state index contributed by atoms with van der Waals surface area (Å²) in [4.78, 5) is 11.6. The third-order valence-corrected chi connectivity index (χ3v) is 3.83. The second-order valence-electron chi connectivity index (χ2n) is 4.29. The van der Waals surface area contributed by atoms with E-state index in [9.17, 15) is 14.5 Å². The van der Waals surface area contributed by atoms with Crippen molar-refractivity contribution in [3.63, 3.8) is 0 Å². The van der Waals surface area contributed by atoms with Crippen molar-refractivity contribution in [1.82, 2.24) is 0 Å². The summed E-state index contributed by atoms with van der Waals surface area (Å²) < 4.78 is 13.8. The van der Waals surface area contributed by atoms with Gasteiger partial charge in [-0.05, 0) is 31.2 Å². The molecule has 0 heterocycles. The average Bonchev–Trinajstić information content (AvgIpc) is 2.39. The summed E-state index contributed by atoms with van der Waals surface area (Å²) in [6.45, 7) is 1.72. The van der Waals surface area contributed by atoms with E-state index >= 15 is 0 Å². The molecule has 0 saturated carbocycles. The first-order valence-electron chi connectivity index (χ1n) is 5.95. The van der Waals surface area contributed by atoms with Gasteiger partial charge in [-0.25, -0.2) is 4.39 Å². The van der Waals surface area contributed by atoms with Crippen LogP contribution in [0.15, 0.2) is 52.3 Å². The van der Waals surface area contributed by atoms with Gasteiger partial charge in [-0.1, -0.05) is 17.8 Å². The molecule has 104 valence electrons. The Labute approximate surface area is 119 Å². The lowest BCUT2D eigenvalue weighted by Gasteiger charge is -2.13. The van der Waals surface area contributed by atoms with E-state index in [4.69, 9.17) is 5.73 Å². The lowest BCUT2D eigenvalue weighted by Crippen LogP contribution is -2.08. The number of nitro groups is 1. The highest BCUT2D eigenvalue weighted by Crippen LogP contribution is 2.34. The first kappa shape index (κ1) is 14.5. The molecule has 0 aromatic heterocycles. The van der Waals surface area contributed by atoms with Crippen LogP contribution >= 0.6 is 11.8 Å². The van der Waals surface area contributed by atoms with Gasteiger partial charge < -0.3 is 5.73 Å². The van der Waals surface area contributed by atoms with Crippen molar-refractivity contribution in [3.05, 3.63) is 64.0 Å². The molecule has 0 fully saturated rings. The van der Waals surface area contributed by atoms with Crippen LogP contribution in [0.25, 0.3) is 0 Å². The summed E-state index contributed by atoms with van der Waals surface area (Å²) in [7, 11) is 0. The minimum atomic E-state index is -0.454. The topological polar surface area (TPSA) is 69.2 Å². The van der Waals surface area contributed by atoms with E-state index < -0.39 is 11.0 Å². The predicted molar refractivity (Wildman–Crippen MR) is 76.2 cm³/mol. The van der Waals surface area contributed by atoms with Crippen molar-refractivity contribution in [2.45, 2.75) is 22.8 Å². The monoisotopic (exact) mass is 292 g/mol. The van der Waals surface area contributed by atoms with Gasteiger partial charge in [0.25, 0.3) is 5.69 Å². The van der Waals surface area contributed by atoms with Crippen LogP contribution < -0.4 is 5.73 Å². The third kappa shape index (κ3) is 3.15. The lowest BCUT2D eigenvalue weighted by molar-refractivity contribution is -0.384. The summed E-state index contributed by atoms with van der Waals surface area (Å²) in [6.07, 6.45) is 0. The number of nitro benzene ring substituents is 1. The number of nitrogens with two attached hydrogens (primary N) is 1. The number of nitrogens with zero attached hydrogens (tertiary/aromatic N) is 1. The minimum absolute atomic E-state index is 0.0287. The van der Waals surface area contributed by atoms with Crippen LogP contribution in [-0.4, -0.2) is 4.92 Å². The van der Waals surface area contributed by atoms with Crippen molar-refractivity contribution in [2.24, 2.45) is 5.73 Å². The smallest absolute Gasteiger partial charge is 0.269 e. The Kier molecular flexibility index (Phi) is 4.36. The molecule has 0 aliphatic heterocycles. The van der Waals surface area contributed by atoms with Crippen molar-refractivity contribution >= 4 is 17.4 Å². The fourth-order valence-corrected chi connectivity index (χ4v) is 2.88. The molecule has 0 bridgehead atoms. The Morgan fingerprint density at radius 2 is 1.90 bits per heavy atom. The van der Waals surface area contributed by atoms with Gasteiger partial charge in [0.05, 0.1) is 4.92 Å². The quantitative estimate of drug-likeness (QED) is 0.685. The molecule has 20 heavy (non-hydrogen) atoms. The molecule has 0 aliphatic rings. The fraction of sp³-hybridized carbons (Fsp3) is 0.143. The van der Waals surface area contributed by atoms with E-state index in [2.05, 4.69) is 0 Å². The Morgan fingerprint density at radius 3 is 2.45 bits per heavy atom. The number of benzene rings is 2. The second kappa shape index (κ2) is 6.02. The van der Waals surface area contributed by atoms with Crippen LogP contribution in [0.2, 0.25) is 0 Å². The van der Waals surface area contributed by atoms with E-state index in [0.29, 0.717) is 10.5 Å². The van der Waals surface area contributed by atoms with Gasteiger partial charge in [0, 0.05) is 33.5 Å². The molecule has 2 aromatic carbocycles. The van der Waals surface area contributed by atoms with E-state index in [0.717, 1.165) is 4.90 Å². The highest BCUT2D eigenvalue weighted by Gasteiger charge is 2.14. The van der Waals surface area contributed by atoms with Crippen LogP contribution in [0.3, 0.4) is 0 Å². The Hall–Kier alpha value is -1.92. The summed E-state index contributed by atoms with van der Waals surface area (Å²) >= 11 is 1.33. The molecule has 2 aromatic rings. The van der Waals surface area contributed by atoms with Crippen molar-refractivity contribution < 1.29 is 9.31 Å². The Balaban J connectivity index is 2.30. The zero-order valence-corrected chi connectivity index (χ0v) is 11.6. The largest absolute Gasteiger partial charge is 0.324 e. The maximum Gasteiger partial charge on any atom is 0.269 e. The van der Waals surface area contributed by atoms with Gasteiger partial charge in [-0.3, -0.25) is 10.1 Å². The van der Waals surface area contributed by atoms with E-state index in [1.54, 1.807) is 31.2 Å². The number of non-ortho nitro benzene ring substituents is 1. The lowest BCUT2D eigenvalue weighted by atomic mass is 10.1. The molecule has 4 nitrogen and oxygen atoms in total. The number of hydrogen-bond acceptors (Lipinski definition) is 4. The zero-order chi connectivity index (χ0) is 14.7. The van der Waals surface area contributed by atoms with Gasteiger partial charge in [0.2, 0.25) is 0 Å². The maximum absolute atomic E-state index is 13.8. The molecule has 1 unspecified atom stereocenters. The normalized spacial score (nSPS) is 12.2. The first-order valence-corrected chi connectivity index (χ1v) is 6.77. The molecule has 0 radical (unpaired) electrons. The SMILES string of the molecule is CC(N)c1c(F)cccc1Sc1ccc([N+](=O)[O-])cc1. The van der Waals surface area contributed by atoms with Crippen molar-refractivity contribution in [3.8, 4) is 0 Å². The summed E-state index contributed by atoms with van der Waals surface area (Å²) in [5.74, 6) is -0.341. The highest BCUT2D eigenvalue weighted by molar-refractivity contribution is 7.99. The van der Waals surface area contributed by atoms with Crippen LogP contribution in [0.4, 0.5) is 10.1 Å². The molecule has 2 rings (SSSR count). The summed E-state index contributed by atoms with van der Waals surface area (Å²) in [5, 5.41) is 10.6. The molecule has 1 atom stereocenters. The fourth-order valence-electron chi connectivity index (χ4n) is 1.81. The molecule has 0 spiro atoms. The number of hydrogen-bond donors (Lipinski definition) is 1. The molecule has 0 aliphatic carbocycles. The Morgan fingerprint density at radius 1 is 1.25 bits per heavy atom. The molecule has 2 N–H and O–H groups in total. The summed E-state index contributed by atoms with van der Waals surface area (Å²) in [6, 6.07) is 10.5. The molecule has 0 saturated heterocycles. The minimum Gasteiger partial charge on any atom is -0.324 e. The van der Waals surface area contributed by atoms with Crippen LogP contribution in [-0.2, 0) is 0 Å². The molecule has 6 heteroatoms. The van der Waals surface area contributed by atoms with Crippen LogP contribution in [0.5, 0.6) is 0 Å². The first-order chi connectivity index (χ1) is 9.49. The summed E-state index contributed by atoms with van der Waals surface area (Å²) in [5.41, 5.74) is 6.27. The van der Waals surface area contributed by atoms with Crippen molar-refractivity contribution in [1.29, 1.82) is 0 Å². The number of rotatable bonds is 4. The van der Waals surface area contributed by atoms with Gasteiger partial charge in [0.15, 0.2) is 0 Å². The van der Waals surface area contributed by atoms with E-state index in [-0.39, 0.29) is 11.5 Å². The van der Waals surface area contributed by atoms with Gasteiger partial charge in [-0.2, -0.15) is 0 Å². The zero-order valence-electron chi connectivity index (χ0n) is 10.7. The van der Waals surface area contributed by atoms with Gasteiger partial charge in [-0.15, -0.1) is 0 Å². The van der Waals surface area contributed by atoms with Crippen molar-refractivity contribution in [2.75, 3.05) is 0 Å². The second-order valence-corrected chi connectivity index (χ2v) is 5.41. The van der Waals surface area contributed by atoms with Gasteiger partial charge >= 0.3 is 0 Å².